The molecule has 0 aliphatic rings. The molecule has 3 aromatic rings. The Bertz CT molecular complexity index is 659. The van der Waals surface area contributed by atoms with E-state index in [0.717, 1.165) is 11.5 Å². The van der Waals surface area contributed by atoms with Crippen LogP contribution < -0.4 is 5.73 Å². The van der Waals surface area contributed by atoms with Crippen LogP contribution in [0.25, 0.3) is 5.78 Å². The summed E-state index contributed by atoms with van der Waals surface area (Å²) in [6.07, 6.45) is 4.07. The number of anilines is 1. The molecule has 0 fully saturated rings. The van der Waals surface area contributed by atoms with Crippen LogP contribution in [0.4, 0.5) is 5.82 Å². The Kier molecular flexibility index (Phi) is 2.26. The molecular formula is C11H9ClN4O. The molecule has 2 N–H and O–H groups in total. The van der Waals surface area contributed by atoms with Gasteiger partial charge in [0, 0.05) is 18.7 Å². The lowest BCUT2D eigenvalue weighted by Crippen LogP contribution is -1.97. The number of rotatable bonds is 2. The van der Waals surface area contributed by atoms with Gasteiger partial charge in [0.1, 0.15) is 16.7 Å². The highest BCUT2D eigenvalue weighted by molar-refractivity contribution is 6.29. The molecule has 0 saturated carbocycles. The minimum absolute atomic E-state index is 0.338. The SMILES string of the molecule is Nc1cc(Cl)nc2nc(Cc3ccco3)cn12. The van der Waals surface area contributed by atoms with Gasteiger partial charge in [0.25, 0.3) is 0 Å². The lowest BCUT2D eigenvalue weighted by Gasteiger charge is -1.97. The van der Waals surface area contributed by atoms with E-state index in [1.54, 1.807) is 16.7 Å². The lowest BCUT2D eigenvalue weighted by atomic mass is 10.3. The van der Waals surface area contributed by atoms with E-state index in [4.69, 9.17) is 21.8 Å². The Morgan fingerprint density at radius 1 is 1.41 bits per heavy atom. The highest BCUT2D eigenvalue weighted by atomic mass is 35.5. The van der Waals surface area contributed by atoms with E-state index in [-0.39, 0.29) is 0 Å². The van der Waals surface area contributed by atoms with Crippen molar-refractivity contribution in [1.29, 1.82) is 0 Å². The molecule has 86 valence electrons. The van der Waals surface area contributed by atoms with Gasteiger partial charge in [0.15, 0.2) is 0 Å². The molecule has 0 spiro atoms. The van der Waals surface area contributed by atoms with Gasteiger partial charge in [-0.3, -0.25) is 4.40 Å². The van der Waals surface area contributed by atoms with Gasteiger partial charge in [-0.15, -0.1) is 0 Å². The number of furan rings is 1. The summed E-state index contributed by atoms with van der Waals surface area (Å²) in [5, 5.41) is 0.338. The third kappa shape index (κ3) is 1.85. The van der Waals surface area contributed by atoms with E-state index in [0.29, 0.717) is 23.2 Å². The molecule has 0 bridgehead atoms. The van der Waals surface area contributed by atoms with Crippen LogP contribution in [0.15, 0.2) is 35.1 Å². The monoisotopic (exact) mass is 248 g/mol. The van der Waals surface area contributed by atoms with Crippen molar-refractivity contribution in [2.45, 2.75) is 6.42 Å². The zero-order valence-electron chi connectivity index (χ0n) is 8.80. The first-order valence-electron chi connectivity index (χ1n) is 5.05. The Morgan fingerprint density at radius 2 is 2.29 bits per heavy atom. The molecule has 6 heteroatoms. The van der Waals surface area contributed by atoms with Crippen LogP contribution in [-0.4, -0.2) is 14.4 Å². The minimum atomic E-state index is 0.338. The fraction of sp³-hybridized carbons (Fsp3) is 0.0909. The van der Waals surface area contributed by atoms with Gasteiger partial charge in [0.05, 0.1) is 12.0 Å². The third-order valence-corrected chi connectivity index (χ3v) is 2.62. The Morgan fingerprint density at radius 3 is 3.06 bits per heavy atom. The summed E-state index contributed by atoms with van der Waals surface area (Å²) < 4.78 is 6.96. The molecule has 0 aliphatic carbocycles. The molecule has 0 aliphatic heterocycles. The summed E-state index contributed by atoms with van der Waals surface area (Å²) in [5.74, 6) is 1.85. The largest absolute Gasteiger partial charge is 0.469 e. The number of hydrogen-bond donors (Lipinski definition) is 1. The number of nitrogens with zero attached hydrogens (tertiary/aromatic N) is 3. The number of aromatic nitrogens is 3. The number of imidazole rings is 1. The van der Waals surface area contributed by atoms with E-state index in [2.05, 4.69) is 9.97 Å². The average molecular weight is 249 g/mol. The van der Waals surface area contributed by atoms with E-state index in [1.165, 1.54) is 0 Å². The van der Waals surface area contributed by atoms with Crippen LogP contribution in [0.5, 0.6) is 0 Å². The average Bonchev–Trinajstić information content (AvgIpc) is 2.87. The van der Waals surface area contributed by atoms with E-state index in [1.807, 2.05) is 18.3 Å². The summed E-state index contributed by atoms with van der Waals surface area (Å²) >= 11 is 5.81. The van der Waals surface area contributed by atoms with Crippen molar-refractivity contribution >= 4 is 23.2 Å². The zero-order chi connectivity index (χ0) is 11.8. The molecule has 0 unspecified atom stereocenters. The van der Waals surface area contributed by atoms with Gasteiger partial charge < -0.3 is 10.2 Å². The molecule has 3 aromatic heterocycles. The number of hydrogen-bond acceptors (Lipinski definition) is 4. The van der Waals surface area contributed by atoms with Crippen LogP contribution in [0, 0.1) is 0 Å². The van der Waals surface area contributed by atoms with Crippen LogP contribution in [0.3, 0.4) is 0 Å². The summed E-state index contributed by atoms with van der Waals surface area (Å²) in [4.78, 5) is 8.43. The van der Waals surface area contributed by atoms with Crippen LogP contribution >= 0.6 is 11.6 Å². The quantitative estimate of drug-likeness (QED) is 0.706. The number of fused-ring (bicyclic) bond motifs is 1. The van der Waals surface area contributed by atoms with Crippen LogP contribution in [-0.2, 0) is 6.42 Å². The van der Waals surface area contributed by atoms with Crippen molar-refractivity contribution in [3.63, 3.8) is 0 Å². The highest BCUT2D eigenvalue weighted by Gasteiger charge is 2.08. The van der Waals surface area contributed by atoms with Crippen LogP contribution in [0.2, 0.25) is 5.15 Å². The second-order valence-corrected chi connectivity index (χ2v) is 4.05. The Hall–Kier alpha value is -2.01. The molecule has 3 heterocycles. The first-order valence-corrected chi connectivity index (χ1v) is 5.42. The van der Waals surface area contributed by atoms with Gasteiger partial charge >= 0.3 is 0 Å². The highest BCUT2D eigenvalue weighted by Crippen LogP contribution is 2.16. The molecule has 0 amide bonds. The second kappa shape index (κ2) is 3.78. The van der Waals surface area contributed by atoms with Crippen molar-refractivity contribution in [2.75, 3.05) is 5.73 Å². The van der Waals surface area contributed by atoms with Gasteiger partial charge in [-0.05, 0) is 12.1 Å². The topological polar surface area (TPSA) is 69.3 Å². The molecule has 0 aromatic carbocycles. The van der Waals surface area contributed by atoms with E-state index < -0.39 is 0 Å². The maximum Gasteiger partial charge on any atom is 0.237 e. The van der Waals surface area contributed by atoms with E-state index >= 15 is 0 Å². The predicted octanol–water partition coefficient (Wildman–Crippen LogP) is 2.15. The molecule has 17 heavy (non-hydrogen) atoms. The fourth-order valence-electron chi connectivity index (χ4n) is 1.68. The minimum Gasteiger partial charge on any atom is -0.469 e. The molecular weight excluding hydrogens is 240 g/mol. The third-order valence-electron chi connectivity index (χ3n) is 2.42. The standard InChI is InChI=1S/C11H9ClN4O/c12-9-5-10(13)16-6-7(14-11(16)15-9)4-8-2-1-3-17-8/h1-3,5-6H,4,13H2. The van der Waals surface area contributed by atoms with Gasteiger partial charge in [-0.25, -0.2) is 9.97 Å². The Balaban J connectivity index is 2.05. The van der Waals surface area contributed by atoms with Crippen molar-refractivity contribution in [2.24, 2.45) is 0 Å². The molecule has 0 atom stereocenters. The zero-order valence-corrected chi connectivity index (χ0v) is 9.55. The molecule has 0 saturated heterocycles. The summed E-state index contributed by atoms with van der Waals surface area (Å²) in [6, 6.07) is 5.33. The van der Waals surface area contributed by atoms with Gasteiger partial charge in [-0.1, -0.05) is 11.6 Å². The summed E-state index contributed by atoms with van der Waals surface area (Å²) in [5.41, 5.74) is 6.65. The first-order chi connectivity index (χ1) is 8.22. The smallest absolute Gasteiger partial charge is 0.237 e. The molecule has 3 rings (SSSR count). The molecule has 5 nitrogen and oxygen atoms in total. The van der Waals surface area contributed by atoms with Crippen molar-refractivity contribution in [1.82, 2.24) is 14.4 Å². The predicted molar refractivity (Wildman–Crippen MR) is 63.9 cm³/mol. The number of nitrogens with two attached hydrogens (primary N) is 1. The van der Waals surface area contributed by atoms with Crippen molar-refractivity contribution in [3.05, 3.63) is 47.3 Å². The van der Waals surface area contributed by atoms with Crippen LogP contribution in [0.1, 0.15) is 11.5 Å². The van der Waals surface area contributed by atoms with Crippen molar-refractivity contribution in [3.8, 4) is 0 Å². The first kappa shape index (κ1) is 10.2. The normalized spacial score (nSPS) is 11.1. The summed E-state index contributed by atoms with van der Waals surface area (Å²) in [7, 11) is 0. The van der Waals surface area contributed by atoms with E-state index in [9.17, 15) is 0 Å². The maximum atomic E-state index is 5.82. The fourth-order valence-corrected chi connectivity index (χ4v) is 1.87. The lowest BCUT2D eigenvalue weighted by molar-refractivity contribution is 0.519. The summed E-state index contributed by atoms with van der Waals surface area (Å²) in [6.45, 7) is 0. The second-order valence-electron chi connectivity index (χ2n) is 3.66. The molecule has 0 radical (unpaired) electrons. The maximum absolute atomic E-state index is 5.82. The number of halogens is 1. The van der Waals surface area contributed by atoms with Crippen molar-refractivity contribution < 1.29 is 4.42 Å². The van der Waals surface area contributed by atoms with Gasteiger partial charge in [0.2, 0.25) is 5.78 Å². The Labute approximate surface area is 102 Å². The van der Waals surface area contributed by atoms with Gasteiger partial charge in [-0.2, -0.15) is 0 Å². The number of nitrogen functional groups attached to an aromatic ring is 1.